The Kier molecular flexibility index (Phi) is 6.89. The van der Waals surface area contributed by atoms with E-state index in [0.717, 1.165) is 17.5 Å². The Morgan fingerprint density at radius 3 is 2.67 bits per heavy atom. The van der Waals surface area contributed by atoms with Crippen molar-refractivity contribution in [3.8, 4) is 5.69 Å². The molecule has 4 aromatic rings. The van der Waals surface area contributed by atoms with E-state index < -0.39 is 5.82 Å². The van der Waals surface area contributed by atoms with Crippen molar-refractivity contribution >= 4 is 28.6 Å². The molecule has 1 N–H and O–H groups in total. The molecule has 0 aliphatic heterocycles. The van der Waals surface area contributed by atoms with Gasteiger partial charge in [-0.15, -0.1) is 0 Å². The number of halogens is 1. The Balaban J connectivity index is 1.82. The van der Waals surface area contributed by atoms with E-state index in [2.05, 4.69) is 11.4 Å². The molecule has 1 aromatic heterocycles. The number of nitrogens with zero attached hydrogens (tertiary/aromatic N) is 2. The number of amides is 1. The van der Waals surface area contributed by atoms with Crippen LogP contribution in [0.25, 0.3) is 16.6 Å². The van der Waals surface area contributed by atoms with Gasteiger partial charge in [-0.2, -0.15) is 0 Å². The van der Waals surface area contributed by atoms with Crippen molar-refractivity contribution in [3.63, 3.8) is 0 Å². The highest BCUT2D eigenvalue weighted by atomic mass is 32.2. The second-order valence-corrected chi connectivity index (χ2v) is 8.72. The summed E-state index contributed by atoms with van der Waals surface area (Å²) in [6.45, 7) is 4.58. The van der Waals surface area contributed by atoms with Gasteiger partial charge in [-0.1, -0.05) is 54.6 Å². The lowest BCUT2D eigenvalue weighted by Crippen LogP contribution is -2.25. The average Bonchev–Trinajstić information content (AvgIpc) is 2.81. The molecule has 7 heteroatoms. The molecule has 168 valence electrons. The molecule has 0 aliphatic carbocycles. The number of thioether (sulfide) groups is 1. The molecule has 0 saturated carbocycles. The minimum absolute atomic E-state index is 0.205. The number of carbonyl (C=O) groups is 1. The van der Waals surface area contributed by atoms with E-state index in [-0.39, 0.29) is 11.5 Å². The highest BCUT2D eigenvalue weighted by Gasteiger charge is 2.16. The molecule has 4 rings (SSSR count). The summed E-state index contributed by atoms with van der Waals surface area (Å²) in [6.07, 6.45) is 0.829. The Labute approximate surface area is 195 Å². The monoisotopic (exact) mass is 461 g/mol. The minimum atomic E-state index is -0.433. The van der Waals surface area contributed by atoms with Crippen molar-refractivity contribution in [2.75, 3.05) is 6.54 Å². The fraction of sp³-hybridized carbons (Fsp3) is 0.192. The molecule has 1 heterocycles. The SMILES string of the molecule is CCCNC(=O)c1ccc2c(=O)n(-c3cccc(F)c3)c(SCc3cccc(C)c3)nc2c1. The predicted molar refractivity (Wildman–Crippen MR) is 131 cm³/mol. The molecule has 0 aliphatic rings. The Morgan fingerprint density at radius 2 is 1.91 bits per heavy atom. The van der Waals surface area contributed by atoms with Crippen LogP contribution >= 0.6 is 11.8 Å². The zero-order chi connectivity index (χ0) is 23.4. The van der Waals surface area contributed by atoms with E-state index in [9.17, 15) is 14.0 Å². The van der Waals surface area contributed by atoms with Crippen LogP contribution in [0.15, 0.2) is 76.7 Å². The van der Waals surface area contributed by atoms with Gasteiger partial charge in [0.15, 0.2) is 5.16 Å². The fourth-order valence-corrected chi connectivity index (χ4v) is 4.49. The molecule has 3 aromatic carbocycles. The highest BCUT2D eigenvalue weighted by Crippen LogP contribution is 2.25. The molecule has 0 spiro atoms. The normalized spacial score (nSPS) is 11.0. The van der Waals surface area contributed by atoms with Crippen molar-refractivity contribution in [1.29, 1.82) is 0 Å². The van der Waals surface area contributed by atoms with E-state index >= 15 is 0 Å². The van der Waals surface area contributed by atoms with Gasteiger partial charge in [-0.25, -0.2) is 9.37 Å². The summed E-state index contributed by atoms with van der Waals surface area (Å²) in [6, 6.07) is 18.9. The van der Waals surface area contributed by atoms with Crippen molar-refractivity contribution in [2.24, 2.45) is 0 Å². The minimum Gasteiger partial charge on any atom is -0.352 e. The summed E-state index contributed by atoms with van der Waals surface area (Å²) >= 11 is 1.40. The maximum absolute atomic E-state index is 14.0. The zero-order valence-corrected chi connectivity index (χ0v) is 19.3. The van der Waals surface area contributed by atoms with E-state index in [0.29, 0.717) is 39.6 Å². The lowest BCUT2D eigenvalue weighted by molar-refractivity contribution is 0.0953. The molecular formula is C26H24FN3O2S. The number of hydrogen-bond donors (Lipinski definition) is 1. The van der Waals surface area contributed by atoms with Gasteiger partial charge >= 0.3 is 0 Å². The van der Waals surface area contributed by atoms with E-state index in [1.54, 1.807) is 30.3 Å². The van der Waals surface area contributed by atoms with Gasteiger partial charge < -0.3 is 5.32 Å². The molecule has 0 saturated heterocycles. The average molecular weight is 462 g/mol. The maximum Gasteiger partial charge on any atom is 0.266 e. The van der Waals surface area contributed by atoms with Crippen LogP contribution in [0, 0.1) is 12.7 Å². The first kappa shape index (κ1) is 22.7. The van der Waals surface area contributed by atoms with E-state index in [1.165, 1.54) is 28.5 Å². The van der Waals surface area contributed by atoms with Crippen LogP contribution in [0.4, 0.5) is 4.39 Å². The first-order valence-electron chi connectivity index (χ1n) is 10.8. The number of benzene rings is 3. The molecule has 0 radical (unpaired) electrons. The molecule has 0 fully saturated rings. The zero-order valence-electron chi connectivity index (χ0n) is 18.5. The van der Waals surface area contributed by atoms with Crippen LogP contribution in [-0.4, -0.2) is 22.0 Å². The van der Waals surface area contributed by atoms with Crippen LogP contribution in [0.2, 0.25) is 0 Å². The Hall–Kier alpha value is -3.45. The predicted octanol–water partition coefficient (Wildman–Crippen LogP) is 5.27. The van der Waals surface area contributed by atoms with Crippen LogP contribution in [0.3, 0.4) is 0 Å². The van der Waals surface area contributed by atoms with Crippen LogP contribution in [0.5, 0.6) is 0 Å². The first-order chi connectivity index (χ1) is 16.0. The van der Waals surface area contributed by atoms with Crippen LogP contribution in [-0.2, 0) is 5.75 Å². The largest absolute Gasteiger partial charge is 0.352 e. The quantitative estimate of drug-likeness (QED) is 0.301. The van der Waals surface area contributed by atoms with E-state index in [4.69, 9.17) is 4.98 Å². The summed E-state index contributed by atoms with van der Waals surface area (Å²) < 4.78 is 15.4. The van der Waals surface area contributed by atoms with Crippen LogP contribution < -0.4 is 10.9 Å². The standard InChI is InChI=1S/C26H24FN3O2S/c1-3-12-28-24(31)19-10-11-22-23(14-19)29-26(33-16-18-7-4-6-17(2)13-18)30(25(22)32)21-9-5-8-20(27)15-21/h4-11,13-15H,3,12,16H2,1-2H3,(H,28,31). The Morgan fingerprint density at radius 1 is 1.09 bits per heavy atom. The number of aromatic nitrogens is 2. The fourth-order valence-electron chi connectivity index (χ4n) is 3.54. The molecular weight excluding hydrogens is 437 g/mol. The topological polar surface area (TPSA) is 64.0 Å². The first-order valence-corrected chi connectivity index (χ1v) is 11.7. The maximum atomic E-state index is 14.0. The van der Waals surface area contributed by atoms with Gasteiger partial charge in [0.1, 0.15) is 5.82 Å². The second kappa shape index (κ2) is 10.0. The third-order valence-corrected chi connectivity index (χ3v) is 6.16. The third kappa shape index (κ3) is 5.14. The number of rotatable bonds is 7. The second-order valence-electron chi connectivity index (χ2n) is 7.78. The molecule has 0 bridgehead atoms. The number of aryl methyl sites for hydroxylation is 1. The number of carbonyl (C=O) groups excluding carboxylic acids is 1. The van der Waals surface area contributed by atoms with Crippen molar-refractivity contribution < 1.29 is 9.18 Å². The molecule has 0 atom stereocenters. The number of hydrogen-bond acceptors (Lipinski definition) is 4. The number of nitrogens with one attached hydrogen (secondary N) is 1. The number of fused-ring (bicyclic) bond motifs is 1. The summed E-state index contributed by atoms with van der Waals surface area (Å²) in [5, 5.41) is 3.64. The highest BCUT2D eigenvalue weighted by molar-refractivity contribution is 7.98. The van der Waals surface area contributed by atoms with Crippen molar-refractivity contribution in [3.05, 3.63) is 99.6 Å². The summed E-state index contributed by atoms with van der Waals surface area (Å²) in [7, 11) is 0. The molecule has 0 unspecified atom stereocenters. The van der Waals surface area contributed by atoms with Crippen molar-refractivity contribution in [1.82, 2.24) is 14.9 Å². The summed E-state index contributed by atoms with van der Waals surface area (Å²) in [4.78, 5) is 30.6. The molecule has 5 nitrogen and oxygen atoms in total. The summed E-state index contributed by atoms with van der Waals surface area (Å²) in [5.41, 5.74) is 3.21. The smallest absolute Gasteiger partial charge is 0.266 e. The van der Waals surface area contributed by atoms with Gasteiger partial charge in [0, 0.05) is 17.9 Å². The van der Waals surface area contributed by atoms with Crippen molar-refractivity contribution in [2.45, 2.75) is 31.2 Å². The van der Waals surface area contributed by atoms with Gasteiger partial charge in [0.2, 0.25) is 0 Å². The molecule has 33 heavy (non-hydrogen) atoms. The lowest BCUT2D eigenvalue weighted by Gasteiger charge is -2.14. The third-order valence-electron chi connectivity index (χ3n) is 5.15. The van der Waals surface area contributed by atoms with Gasteiger partial charge in [-0.3, -0.25) is 14.2 Å². The Bertz CT molecular complexity index is 1380. The van der Waals surface area contributed by atoms with Gasteiger partial charge in [0.25, 0.3) is 11.5 Å². The van der Waals surface area contributed by atoms with Gasteiger partial charge in [0.05, 0.1) is 16.6 Å². The van der Waals surface area contributed by atoms with E-state index in [1.807, 2.05) is 32.0 Å². The lowest BCUT2D eigenvalue weighted by atomic mass is 10.1. The molecule has 1 amide bonds. The van der Waals surface area contributed by atoms with Crippen LogP contribution in [0.1, 0.15) is 34.8 Å². The summed E-state index contributed by atoms with van der Waals surface area (Å²) in [5.74, 6) is -0.0492. The van der Waals surface area contributed by atoms with Gasteiger partial charge in [-0.05, 0) is 55.3 Å².